The van der Waals surface area contributed by atoms with Crippen molar-refractivity contribution >= 4 is 32.4 Å². The molecule has 2 aliphatic rings. The number of rotatable bonds is 3. The van der Waals surface area contributed by atoms with E-state index in [1.54, 1.807) is 18.2 Å². The minimum absolute atomic E-state index is 0.159. The van der Waals surface area contributed by atoms with E-state index in [4.69, 9.17) is 0 Å². The second kappa shape index (κ2) is 6.02. The molecule has 0 unspecified atom stereocenters. The highest BCUT2D eigenvalue weighted by molar-refractivity contribution is 7.93. The maximum absolute atomic E-state index is 12.9. The first-order chi connectivity index (χ1) is 12.0. The van der Waals surface area contributed by atoms with Gasteiger partial charge in [0.25, 0.3) is 10.0 Å². The van der Waals surface area contributed by atoms with Crippen LogP contribution in [0.25, 0.3) is 10.8 Å². The van der Waals surface area contributed by atoms with E-state index in [9.17, 15) is 13.2 Å². The van der Waals surface area contributed by atoms with Crippen LogP contribution in [0.2, 0.25) is 0 Å². The van der Waals surface area contributed by atoms with Gasteiger partial charge in [-0.2, -0.15) is 0 Å². The molecule has 1 fully saturated rings. The average Bonchev–Trinajstić information content (AvgIpc) is 2.81. The Morgan fingerprint density at radius 1 is 1.12 bits per heavy atom. The molecule has 0 saturated heterocycles. The monoisotopic (exact) mass is 358 g/mol. The number of carbonyl (C=O) groups is 1. The molecule has 0 spiro atoms. The van der Waals surface area contributed by atoms with Crippen molar-refractivity contribution in [3.8, 4) is 0 Å². The second-order valence-corrected chi connectivity index (χ2v) is 9.00. The topological polar surface area (TPSA) is 66.5 Å². The molecule has 1 heterocycles. The molecule has 1 amide bonds. The van der Waals surface area contributed by atoms with E-state index >= 15 is 0 Å². The van der Waals surface area contributed by atoms with Crippen molar-refractivity contribution in [3.05, 3.63) is 36.4 Å². The van der Waals surface area contributed by atoms with Crippen LogP contribution in [-0.2, 0) is 14.8 Å². The van der Waals surface area contributed by atoms with Gasteiger partial charge in [-0.3, -0.25) is 9.10 Å². The maximum Gasteiger partial charge on any atom is 0.265 e. The van der Waals surface area contributed by atoms with Crippen LogP contribution < -0.4 is 9.62 Å². The molecule has 6 heteroatoms. The van der Waals surface area contributed by atoms with Gasteiger partial charge in [-0.1, -0.05) is 31.2 Å². The van der Waals surface area contributed by atoms with E-state index in [1.165, 1.54) is 4.31 Å². The van der Waals surface area contributed by atoms with E-state index in [-0.39, 0.29) is 18.5 Å². The molecule has 4 rings (SSSR count). The van der Waals surface area contributed by atoms with Crippen LogP contribution in [0.1, 0.15) is 32.6 Å². The first-order valence-electron chi connectivity index (χ1n) is 8.80. The second-order valence-electron chi connectivity index (χ2n) is 7.17. The fourth-order valence-corrected chi connectivity index (χ4v) is 5.60. The molecule has 2 aromatic carbocycles. The zero-order chi connectivity index (χ0) is 17.6. The summed E-state index contributed by atoms with van der Waals surface area (Å²) < 4.78 is 27.0. The van der Waals surface area contributed by atoms with Crippen molar-refractivity contribution in [2.75, 3.05) is 10.8 Å². The van der Waals surface area contributed by atoms with Gasteiger partial charge in [-0.15, -0.1) is 0 Å². The number of hydrogen-bond acceptors (Lipinski definition) is 3. The van der Waals surface area contributed by atoms with Gasteiger partial charge in [-0.25, -0.2) is 8.42 Å². The van der Waals surface area contributed by atoms with E-state index in [2.05, 4.69) is 12.2 Å². The molecule has 132 valence electrons. The Bertz CT molecular complexity index is 926. The molecule has 5 nitrogen and oxygen atoms in total. The molecule has 1 aliphatic carbocycles. The molecule has 0 radical (unpaired) electrons. The molecule has 1 saturated carbocycles. The largest absolute Gasteiger partial charge is 0.352 e. The Morgan fingerprint density at radius 2 is 1.80 bits per heavy atom. The highest BCUT2D eigenvalue weighted by Gasteiger charge is 2.36. The third-order valence-electron chi connectivity index (χ3n) is 5.35. The SMILES string of the molecule is CC1CCC(NC(=O)CN2c3cccc4cccc(c34)S2(=O)=O)CC1. The summed E-state index contributed by atoms with van der Waals surface area (Å²) in [5.74, 6) is 0.479. The van der Waals surface area contributed by atoms with Crippen LogP contribution in [0, 0.1) is 5.92 Å². The van der Waals surface area contributed by atoms with Crippen molar-refractivity contribution in [2.24, 2.45) is 5.92 Å². The van der Waals surface area contributed by atoms with Crippen LogP contribution in [0.5, 0.6) is 0 Å². The van der Waals surface area contributed by atoms with Gasteiger partial charge in [0.1, 0.15) is 6.54 Å². The van der Waals surface area contributed by atoms with Crippen molar-refractivity contribution in [2.45, 2.75) is 43.5 Å². The molecule has 25 heavy (non-hydrogen) atoms. The molecule has 1 aliphatic heterocycles. The Morgan fingerprint density at radius 3 is 2.52 bits per heavy atom. The van der Waals surface area contributed by atoms with E-state index in [1.807, 2.05) is 18.2 Å². The van der Waals surface area contributed by atoms with Gasteiger partial charge in [0.2, 0.25) is 5.91 Å². The first-order valence-corrected chi connectivity index (χ1v) is 10.2. The summed E-state index contributed by atoms with van der Waals surface area (Å²) in [7, 11) is -3.67. The molecular formula is C19H22N2O3S. The van der Waals surface area contributed by atoms with Crippen molar-refractivity contribution < 1.29 is 13.2 Å². The summed E-state index contributed by atoms with van der Waals surface area (Å²) in [4.78, 5) is 12.8. The van der Waals surface area contributed by atoms with Gasteiger partial charge in [-0.05, 0) is 49.1 Å². The first kappa shape index (κ1) is 16.4. The van der Waals surface area contributed by atoms with Crippen molar-refractivity contribution in [1.29, 1.82) is 0 Å². The van der Waals surface area contributed by atoms with Crippen molar-refractivity contribution in [1.82, 2.24) is 5.32 Å². The van der Waals surface area contributed by atoms with Gasteiger partial charge < -0.3 is 5.32 Å². The van der Waals surface area contributed by atoms with Gasteiger partial charge in [0.15, 0.2) is 0 Å². The van der Waals surface area contributed by atoms with Crippen LogP contribution >= 0.6 is 0 Å². The molecule has 0 aromatic heterocycles. The number of nitrogens with zero attached hydrogens (tertiary/aromatic N) is 1. The normalized spacial score (nSPS) is 24.4. The van der Waals surface area contributed by atoms with Gasteiger partial charge in [0.05, 0.1) is 10.6 Å². The van der Waals surface area contributed by atoms with Crippen LogP contribution in [0.15, 0.2) is 41.3 Å². The number of sulfonamides is 1. The number of hydrogen-bond donors (Lipinski definition) is 1. The zero-order valence-corrected chi connectivity index (χ0v) is 15.1. The number of nitrogens with one attached hydrogen (secondary N) is 1. The standard InChI is InChI=1S/C19H22N2O3S/c1-13-8-10-15(11-9-13)20-18(22)12-21-16-6-2-4-14-5-3-7-17(19(14)16)25(21,23)24/h2-7,13,15H,8-12H2,1H3,(H,20,22). The summed E-state index contributed by atoms with van der Waals surface area (Å²) in [6.45, 7) is 2.06. The predicted octanol–water partition coefficient (Wildman–Crippen LogP) is 3.04. The molecule has 0 atom stereocenters. The Labute approximate surface area is 148 Å². The average molecular weight is 358 g/mol. The third kappa shape index (κ3) is 2.78. The molecular weight excluding hydrogens is 336 g/mol. The number of carbonyl (C=O) groups excluding carboxylic acids is 1. The number of benzene rings is 2. The minimum Gasteiger partial charge on any atom is -0.352 e. The van der Waals surface area contributed by atoms with Crippen molar-refractivity contribution in [3.63, 3.8) is 0 Å². The maximum atomic E-state index is 12.9. The highest BCUT2D eigenvalue weighted by atomic mass is 32.2. The Balaban J connectivity index is 1.57. The third-order valence-corrected chi connectivity index (χ3v) is 7.15. The number of amides is 1. The summed E-state index contributed by atoms with van der Waals surface area (Å²) in [5.41, 5.74) is 0.598. The number of anilines is 1. The lowest BCUT2D eigenvalue weighted by Gasteiger charge is -2.28. The Kier molecular flexibility index (Phi) is 3.95. The predicted molar refractivity (Wildman–Crippen MR) is 98.0 cm³/mol. The van der Waals surface area contributed by atoms with E-state index in [0.717, 1.165) is 31.1 Å². The fourth-order valence-electron chi connectivity index (χ4n) is 3.94. The summed E-state index contributed by atoms with van der Waals surface area (Å²) in [6, 6.07) is 10.9. The van der Waals surface area contributed by atoms with Gasteiger partial charge in [0, 0.05) is 11.4 Å². The highest BCUT2D eigenvalue weighted by Crippen LogP contribution is 2.41. The Hall–Kier alpha value is -2.08. The molecule has 2 aromatic rings. The van der Waals surface area contributed by atoms with E-state index in [0.29, 0.717) is 21.9 Å². The van der Waals surface area contributed by atoms with Gasteiger partial charge >= 0.3 is 0 Å². The van der Waals surface area contributed by atoms with Crippen LogP contribution in [0.3, 0.4) is 0 Å². The molecule has 1 N–H and O–H groups in total. The lowest BCUT2D eigenvalue weighted by atomic mass is 9.87. The van der Waals surface area contributed by atoms with E-state index < -0.39 is 10.0 Å². The van der Waals surface area contributed by atoms with Crippen LogP contribution in [0.4, 0.5) is 5.69 Å². The lowest BCUT2D eigenvalue weighted by Crippen LogP contribution is -2.44. The lowest BCUT2D eigenvalue weighted by molar-refractivity contribution is -0.120. The summed E-state index contributed by atoms with van der Waals surface area (Å²) in [6.07, 6.45) is 4.15. The summed E-state index contributed by atoms with van der Waals surface area (Å²) in [5, 5.41) is 4.61. The molecule has 0 bridgehead atoms. The quantitative estimate of drug-likeness (QED) is 0.917. The fraction of sp³-hybridized carbons (Fsp3) is 0.421. The zero-order valence-electron chi connectivity index (χ0n) is 14.2. The summed E-state index contributed by atoms with van der Waals surface area (Å²) >= 11 is 0. The smallest absolute Gasteiger partial charge is 0.265 e. The minimum atomic E-state index is -3.67. The van der Waals surface area contributed by atoms with Crippen LogP contribution in [-0.4, -0.2) is 26.9 Å².